The van der Waals surface area contributed by atoms with Crippen molar-refractivity contribution < 1.29 is 5.11 Å². The highest BCUT2D eigenvalue weighted by atomic mass is 32.2. The maximum atomic E-state index is 9.22. The maximum Gasteiger partial charge on any atom is 0.115 e. The van der Waals surface area contributed by atoms with Gasteiger partial charge in [0.1, 0.15) is 5.75 Å². The molecule has 3 heteroatoms. The largest absolute Gasteiger partial charge is 0.508 e. The molecule has 0 aliphatic heterocycles. The molecule has 0 aliphatic rings. The first-order valence-corrected chi connectivity index (χ1v) is 8.20. The molecule has 0 heterocycles. The Labute approximate surface area is 122 Å². The third kappa shape index (κ3) is 3.99. The van der Waals surface area contributed by atoms with Crippen LogP contribution in [0.1, 0.15) is 11.1 Å². The topological polar surface area (TPSA) is 20.2 Å². The van der Waals surface area contributed by atoms with E-state index in [2.05, 4.69) is 42.6 Å². The number of hydrogen-bond acceptors (Lipinski definition) is 3. The van der Waals surface area contributed by atoms with Gasteiger partial charge in [-0.05, 0) is 55.0 Å². The molecule has 2 aromatic carbocycles. The lowest BCUT2D eigenvalue weighted by molar-refractivity contribution is 0.475. The second-order valence-electron chi connectivity index (χ2n) is 3.90. The number of phenols is 1. The first-order chi connectivity index (χ1) is 9.21. The van der Waals surface area contributed by atoms with E-state index in [4.69, 9.17) is 0 Å². The van der Waals surface area contributed by atoms with Crippen LogP contribution >= 0.6 is 23.5 Å². The number of thioether (sulfide) groups is 2. The van der Waals surface area contributed by atoms with Gasteiger partial charge < -0.3 is 5.11 Å². The van der Waals surface area contributed by atoms with Crippen molar-refractivity contribution in [2.75, 3.05) is 12.5 Å². The van der Waals surface area contributed by atoms with E-state index in [1.165, 1.54) is 9.79 Å². The quantitative estimate of drug-likeness (QED) is 0.659. The van der Waals surface area contributed by atoms with Gasteiger partial charge in [-0.15, -0.1) is 23.5 Å². The third-order valence-corrected chi connectivity index (χ3v) is 3.98. The molecular formula is C16H14OS2. The Morgan fingerprint density at radius 3 is 1.84 bits per heavy atom. The second-order valence-corrected chi connectivity index (χ2v) is 5.66. The predicted molar refractivity (Wildman–Crippen MR) is 84.1 cm³/mol. The summed E-state index contributed by atoms with van der Waals surface area (Å²) in [6.07, 6.45) is 4.13. The van der Waals surface area contributed by atoms with Crippen LogP contribution in [-0.4, -0.2) is 17.6 Å². The van der Waals surface area contributed by atoms with Gasteiger partial charge in [0.25, 0.3) is 0 Å². The molecule has 0 unspecified atom stereocenters. The summed E-state index contributed by atoms with van der Waals surface area (Å²) in [5, 5.41) is 9.22. The van der Waals surface area contributed by atoms with Crippen LogP contribution in [0.2, 0.25) is 0 Å². The molecule has 2 aromatic rings. The molecule has 1 N–H and O–H groups in total. The number of hydrogen-bond donors (Lipinski definition) is 1. The van der Waals surface area contributed by atoms with Gasteiger partial charge in [0.2, 0.25) is 0 Å². The molecule has 0 aromatic heterocycles. The van der Waals surface area contributed by atoms with E-state index < -0.39 is 0 Å². The molecule has 96 valence electrons. The summed E-state index contributed by atoms with van der Waals surface area (Å²) in [7, 11) is 0. The molecule has 0 fully saturated rings. The summed E-state index contributed by atoms with van der Waals surface area (Å²) in [5.41, 5.74) is 1.92. The summed E-state index contributed by atoms with van der Waals surface area (Å²) in [4.78, 5) is 2.45. The van der Waals surface area contributed by atoms with Gasteiger partial charge >= 0.3 is 0 Å². The van der Waals surface area contributed by atoms with Crippen LogP contribution in [0.5, 0.6) is 5.75 Å². The number of aromatic hydroxyl groups is 1. The Hall–Kier alpha value is -1.50. The molecule has 0 amide bonds. The zero-order chi connectivity index (χ0) is 13.7. The monoisotopic (exact) mass is 286 g/mol. The number of rotatable bonds is 2. The highest BCUT2D eigenvalue weighted by Gasteiger charge is 1.98. The maximum absolute atomic E-state index is 9.22. The van der Waals surface area contributed by atoms with Gasteiger partial charge in [0, 0.05) is 20.9 Å². The van der Waals surface area contributed by atoms with Crippen molar-refractivity contribution in [3.63, 3.8) is 0 Å². The van der Waals surface area contributed by atoms with Gasteiger partial charge in [0.05, 0.1) is 0 Å². The van der Waals surface area contributed by atoms with Crippen molar-refractivity contribution in [2.24, 2.45) is 0 Å². The van der Waals surface area contributed by atoms with E-state index in [1.807, 2.05) is 12.1 Å². The van der Waals surface area contributed by atoms with Gasteiger partial charge in [-0.1, -0.05) is 11.8 Å². The van der Waals surface area contributed by atoms with Crippen LogP contribution in [0.15, 0.2) is 52.3 Å². The van der Waals surface area contributed by atoms with Crippen molar-refractivity contribution in [1.82, 2.24) is 0 Å². The van der Waals surface area contributed by atoms with Crippen LogP contribution in [0.4, 0.5) is 0 Å². The Balaban J connectivity index is 2.30. The Morgan fingerprint density at radius 2 is 1.32 bits per heavy atom. The molecular weight excluding hydrogens is 272 g/mol. The van der Waals surface area contributed by atoms with Crippen LogP contribution in [0.3, 0.4) is 0 Å². The summed E-state index contributed by atoms with van der Waals surface area (Å²) < 4.78 is 0. The Morgan fingerprint density at radius 1 is 0.789 bits per heavy atom. The van der Waals surface area contributed by atoms with Crippen LogP contribution < -0.4 is 0 Å². The Bertz CT molecular complexity index is 599. The molecule has 1 nitrogen and oxygen atoms in total. The van der Waals surface area contributed by atoms with Crippen molar-refractivity contribution in [2.45, 2.75) is 9.79 Å². The fourth-order valence-electron chi connectivity index (χ4n) is 1.57. The predicted octanol–water partition coefficient (Wildman–Crippen LogP) is 4.24. The lowest BCUT2D eigenvalue weighted by atomic mass is 10.2. The summed E-state index contributed by atoms with van der Waals surface area (Å²) in [6.45, 7) is 0. The second kappa shape index (κ2) is 6.60. The minimum Gasteiger partial charge on any atom is -0.508 e. The smallest absolute Gasteiger partial charge is 0.115 e. The third-order valence-electron chi connectivity index (χ3n) is 2.57. The summed E-state index contributed by atoms with van der Waals surface area (Å²) in [5.74, 6) is 6.55. The molecule has 19 heavy (non-hydrogen) atoms. The van der Waals surface area contributed by atoms with Gasteiger partial charge in [-0.25, -0.2) is 0 Å². The summed E-state index contributed by atoms with van der Waals surface area (Å²) in [6, 6.07) is 13.3. The average molecular weight is 286 g/mol. The lowest BCUT2D eigenvalue weighted by Crippen LogP contribution is -1.80. The molecule has 0 atom stereocenters. The van der Waals surface area contributed by atoms with Crippen LogP contribution in [0, 0.1) is 11.8 Å². The normalized spacial score (nSPS) is 9.79. The molecule has 0 spiro atoms. The van der Waals surface area contributed by atoms with E-state index in [9.17, 15) is 5.11 Å². The molecule has 0 saturated heterocycles. The van der Waals surface area contributed by atoms with E-state index in [0.717, 1.165) is 11.1 Å². The van der Waals surface area contributed by atoms with E-state index in [-0.39, 0.29) is 5.75 Å². The lowest BCUT2D eigenvalue weighted by Gasteiger charge is -2.02. The fourth-order valence-corrected chi connectivity index (χ4v) is 2.62. The van der Waals surface area contributed by atoms with Crippen LogP contribution in [-0.2, 0) is 0 Å². The van der Waals surface area contributed by atoms with Gasteiger partial charge in [0.15, 0.2) is 0 Å². The summed E-state index contributed by atoms with van der Waals surface area (Å²) >= 11 is 3.44. The minimum atomic E-state index is 0.264. The molecule has 2 rings (SSSR count). The first-order valence-electron chi connectivity index (χ1n) is 5.75. The van der Waals surface area contributed by atoms with Crippen LogP contribution in [0.25, 0.3) is 0 Å². The highest BCUT2D eigenvalue weighted by molar-refractivity contribution is 7.99. The highest BCUT2D eigenvalue weighted by Crippen LogP contribution is 2.24. The van der Waals surface area contributed by atoms with Gasteiger partial charge in [-0.3, -0.25) is 0 Å². The molecule has 0 radical (unpaired) electrons. The molecule has 0 aliphatic carbocycles. The number of phenolic OH excluding ortho intramolecular Hbond substituents is 1. The number of benzene rings is 2. The average Bonchev–Trinajstić information content (AvgIpc) is 2.46. The van der Waals surface area contributed by atoms with Crippen molar-refractivity contribution >= 4 is 23.5 Å². The minimum absolute atomic E-state index is 0.264. The van der Waals surface area contributed by atoms with E-state index in [1.54, 1.807) is 35.7 Å². The molecule has 0 bridgehead atoms. The van der Waals surface area contributed by atoms with Crippen molar-refractivity contribution in [3.8, 4) is 17.6 Å². The van der Waals surface area contributed by atoms with Crippen molar-refractivity contribution in [3.05, 3.63) is 53.6 Å². The van der Waals surface area contributed by atoms with Gasteiger partial charge in [-0.2, -0.15) is 0 Å². The SMILES string of the molecule is CSc1cc(C#Cc2ccc(O)cc2)cc(SC)c1. The standard InChI is InChI=1S/C16H14OS2/c1-18-15-9-13(10-16(11-15)19-2)4-3-12-5-7-14(17)8-6-12/h5-11,17H,1-2H3. The zero-order valence-electron chi connectivity index (χ0n) is 10.8. The Kier molecular flexibility index (Phi) is 4.84. The molecule has 0 saturated carbocycles. The van der Waals surface area contributed by atoms with E-state index >= 15 is 0 Å². The van der Waals surface area contributed by atoms with E-state index in [0.29, 0.717) is 0 Å². The van der Waals surface area contributed by atoms with Crippen molar-refractivity contribution in [1.29, 1.82) is 0 Å². The fraction of sp³-hybridized carbons (Fsp3) is 0.125. The zero-order valence-corrected chi connectivity index (χ0v) is 12.4. The first kappa shape index (κ1) is 13.9.